The van der Waals surface area contributed by atoms with Gasteiger partial charge in [0.15, 0.2) is 0 Å². The number of aromatic hydroxyl groups is 2. The number of hydrogen-bond acceptors (Lipinski definition) is 6. The maximum Gasteiger partial charge on any atom is 0.143 e. The normalized spacial score (nSPS) is 15.1. The Morgan fingerprint density at radius 1 is 0.679 bits per heavy atom. The van der Waals surface area contributed by atoms with Crippen molar-refractivity contribution in [3.63, 3.8) is 0 Å². The summed E-state index contributed by atoms with van der Waals surface area (Å²) < 4.78 is 0. The highest BCUT2D eigenvalue weighted by atomic mass is 35.5. The van der Waals surface area contributed by atoms with Crippen LogP contribution in [0.3, 0.4) is 0 Å². The lowest BCUT2D eigenvalue weighted by atomic mass is 10.2. The summed E-state index contributed by atoms with van der Waals surface area (Å²) in [6.45, 7) is 2.52. The molecule has 2 aromatic carbocycles. The van der Waals surface area contributed by atoms with Crippen molar-refractivity contribution in [2.24, 2.45) is 10.2 Å². The van der Waals surface area contributed by atoms with E-state index in [1.807, 2.05) is 10.0 Å². The molecule has 0 unspecified atom stereocenters. The summed E-state index contributed by atoms with van der Waals surface area (Å²) in [7, 11) is 0. The van der Waals surface area contributed by atoms with Crippen molar-refractivity contribution in [1.82, 2.24) is 10.0 Å². The molecule has 0 aromatic heterocycles. The van der Waals surface area contributed by atoms with Crippen LogP contribution in [0.4, 0.5) is 0 Å². The molecule has 0 radical (unpaired) electrons. The minimum absolute atomic E-state index is 0.0574. The maximum absolute atomic E-state index is 9.97. The van der Waals surface area contributed by atoms with Crippen LogP contribution in [0.25, 0.3) is 0 Å². The molecule has 0 saturated carbocycles. The van der Waals surface area contributed by atoms with Gasteiger partial charge in [0.1, 0.15) is 11.5 Å². The predicted molar refractivity (Wildman–Crippen MR) is 115 cm³/mol. The van der Waals surface area contributed by atoms with E-state index in [1.165, 1.54) is 24.6 Å². The molecule has 0 aliphatic carbocycles. The van der Waals surface area contributed by atoms with Gasteiger partial charge in [-0.2, -0.15) is 10.2 Å². The van der Waals surface area contributed by atoms with E-state index in [1.54, 1.807) is 12.1 Å². The van der Waals surface area contributed by atoms with Crippen LogP contribution < -0.4 is 0 Å². The third kappa shape index (κ3) is 5.14. The summed E-state index contributed by atoms with van der Waals surface area (Å²) >= 11 is 23.7. The van der Waals surface area contributed by atoms with Gasteiger partial charge in [0.2, 0.25) is 0 Å². The van der Waals surface area contributed by atoms with Gasteiger partial charge in [0, 0.05) is 21.2 Å². The van der Waals surface area contributed by atoms with Crippen LogP contribution in [0.15, 0.2) is 34.5 Å². The zero-order valence-corrected chi connectivity index (χ0v) is 17.5. The Kier molecular flexibility index (Phi) is 6.78. The predicted octanol–water partition coefficient (Wildman–Crippen LogP) is 4.70. The first-order chi connectivity index (χ1) is 13.3. The topological polar surface area (TPSA) is 71.7 Å². The highest BCUT2D eigenvalue weighted by Crippen LogP contribution is 2.31. The summed E-state index contributed by atoms with van der Waals surface area (Å²) in [4.78, 5) is 0. The van der Waals surface area contributed by atoms with Gasteiger partial charge < -0.3 is 10.2 Å². The van der Waals surface area contributed by atoms with Gasteiger partial charge in [0.25, 0.3) is 0 Å². The van der Waals surface area contributed by atoms with Gasteiger partial charge >= 0.3 is 0 Å². The molecular formula is C18H16Cl4N4O2. The number of phenols is 2. The molecule has 0 bridgehead atoms. The quantitative estimate of drug-likeness (QED) is 0.647. The van der Waals surface area contributed by atoms with Gasteiger partial charge in [0.05, 0.1) is 48.7 Å². The smallest absolute Gasteiger partial charge is 0.143 e. The lowest BCUT2D eigenvalue weighted by molar-refractivity contribution is 0.141. The van der Waals surface area contributed by atoms with E-state index in [2.05, 4.69) is 10.2 Å². The molecule has 1 aliphatic heterocycles. The molecule has 1 heterocycles. The van der Waals surface area contributed by atoms with Crippen molar-refractivity contribution >= 4 is 58.8 Å². The molecule has 0 atom stereocenters. The highest BCUT2D eigenvalue weighted by Gasteiger charge is 2.14. The Labute approximate surface area is 182 Å². The lowest BCUT2D eigenvalue weighted by Crippen LogP contribution is -2.41. The molecule has 3 rings (SSSR count). The van der Waals surface area contributed by atoms with Crippen LogP contribution in [-0.4, -0.2) is 58.8 Å². The Morgan fingerprint density at radius 3 is 1.39 bits per heavy atom. The molecule has 28 heavy (non-hydrogen) atoms. The Bertz CT molecular complexity index is 853. The summed E-state index contributed by atoms with van der Waals surface area (Å²) in [5.41, 5.74) is 0.900. The molecule has 0 spiro atoms. The zero-order chi connectivity index (χ0) is 20.3. The van der Waals surface area contributed by atoms with Crippen LogP contribution in [-0.2, 0) is 0 Å². The fourth-order valence-electron chi connectivity index (χ4n) is 2.57. The van der Waals surface area contributed by atoms with E-state index in [4.69, 9.17) is 46.4 Å². The van der Waals surface area contributed by atoms with Crippen molar-refractivity contribution < 1.29 is 10.2 Å². The van der Waals surface area contributed by atoms with Gasteiger partial charge in [-0.3, -0.25) is 10.0 Å². The second-order valence-electron chi connectivity index (χ2n) is 6.05. The Balaban J connectivity index is 1.59. The van der Waals surface area contributed by atoms with E-state index in [-0.39, 0.29) is 21.5 Å². The number of benzene rings is 2. The highest BCUT2D eigenvalue weighted by molar-refractivity contribution is 6.36. The van der Waals surface area contributed by atoms with Crippen molar-refractivity contribution in [1.29, 1.82) is 0 Å². The first kappa shape index (κ1) is 20.9. The van der Waals surface area contributed by atoms with Crippen molar-refractivity contribution in [3.8, 4) is 11.5 Å². The number of hydrogen-bond donors (Lipinski definition) is 2. The number of hydrazone groups is 2. The first-order valence-corrected chi connectivity index (χ1v) is 9.78. The van der Waals surface area contributed by atoms with Gasteiger partial charge in [-0.1, -0.05) is 46.4 Å². The van der Waals surface area contributed by atoms with E-state index in [9.17, 15) is 10.2 Å². The van der Waals surface area contributed by atoms with Crippen LogP contribution in [0.5, 0.6) is 11.5 Å². The molecule has 1 aliphatic rings. The second kappa shape index (κ2) is 9.09. The molecule has 2 N–H and O–H groups in total. The van der Waals surface area contributed by atoms with Gasteiger partial charge in [-0.15, -0.1) is 0 Å². The summed E-state index contributed by atoms with van der Waals surface area (Å²) in [6.07, 6.45) is 3.05. The first-order valence-electron chi connectivity index (χ1n) is 8.27. The van der Waals surface area contributed by atoms with E-state index >= 15 is 0 Å². The molecular weight excluding hydrogens is 446 g/mol. The third-order valence-electron chi connectivity index (χ3n) is 4.07. The van der Waals surface area contributed by atoms with E-state index in [0.717, 1.165) is 0 Å². The van der Waals surface area contributed by atoms with Gasteiger partial charge in [-0.05, 0) is 24.3 Å². The average Bonchev–Trinajstić information content (AvgIpc) is 2.66. The van der Waals surface area contributed by atoms with E-state index < -0.39 is 0 Å². The second-order valence-corrected chi connectivity index (χ2v) is 7.73. The molecule has 1 saturated heterocycles. The summed E-state index contributed by atoms with van der Waals surface area (Å²) in [6, 6.07) is 6.12. The molecule has 2 aromatic rings. The number of nitrogens with zero attached hydrogens (tertiary/aromatic N) is 4. The van der Waals surface area contributed by atoms with Crippen LogP contribution in [0.2, 0.25) is 20.1 Å². The maximum atomic E-state index is 9.97. The van der Waals surface area contributed by atoms with Crippen molar-refractivity contribution in [3.05, 3.63) is 55.5 Å². The minimum atomic E-state index is -0.0574. The zero-order valence-electron chi connectivity index (χ0n) is 14.5. The molecule has 148 valence electrons. The fourth-order valence-corrected chi connectivity index (χ4v) is 3.59. The van der Waals surface area contributed by atoms with Crippen molar-refractivity contribution in [2.75, 3.05) is 26.2 Å². The summed E-state index contributed by atoms with van der Waals surface area (Å²) in [5, 5.41) is 33.6. The van der Waals surface area contributed by atoms with E-state index in [0.29, 0.717) is 47.4 Å². The lowest BCUT2D eigenvalue weighted by Gasteiger charge is -2.31. The number of piperazine rings is 1. The van der Waals surface area contributed by atoms with Crippen LogP contribution >= 0.6 is 46.4 Å². The number of halogens is 4. The average molecular weight is 462 g/mol. The number of phenolic OH excluding ortho intramolecular Hbond substituents is 2. The SMILES string of the molecule is Oc1c(Cl)cc(Cl)cc1/C=N\N1CCN(/N=C/c2cc(Cl)cc(Cl)c2O)CC1. The van der Waals surface area contributed by atoms with Gasteiger partial charge in [-0.25, -0.2) is 0 Å². The third-order valence-corrected chi connectivity index (χ3v) is 5.08. The monoisotopic (exact) mass is 460 g/mol. The van der Waals surface area contributed by atoms with Crippen molar-refractivity contribution in [2.45, 2.75) is 0 Å². The molecule has 6 nitrogen and oxygen atoms in total. The minimum Gasteiger partial charge on any atom is -0.506 e. The molecule has 1 fully saturated rings. The Morgan fingerprint density at radius 2 is 1.04 bits per heavy atom. The largest absolute Gasteiger partial charge is 0.506 e. The summed E-state index contributed by atoms with van der Waals surface area (Å²) in [5.74, 6) is -0.115. The number of rotatable bonds is 4. The van der Waals surface area contributed by atoms with Crippen LogP contribution in [0, 0.1) is 0 Å². The van der Waals surface area contributed by atoms with Crippen LogP contribution in [0.1, 0.15) is 11.1 Å². The fraction of sp³-hybridized carbons (Fsp3) is 0.222. The standard InChI is InChI=1S/C18H16Cl4N4O2/c19-13-5-11(17(27)15(21)7-13)9-23-25-1-2-26(4-3-25)24-10-12-6-14(20)8-16(22)18(12)28/h5-10,27-28H,1-4H2/b23-9-,24-10+. The molecule has 0 amide bonds. The Hall–Kier alpha value is -1.86. The molecule has 10 heteroatoms.